The van der Waals surface area contributed by atoms with Crippen molar-refractivity contribution < 1.29 is 23.1 Å². The number of anilines is 2. The van der Waals surface area contributed by atoms with Crippen LogP contribution in [0.4, 0.5) is 15.8 Å². The summed E-state index contributed by atoms with van der Waals surface area (Å²) in [6.07, 6.45) is 5.33. The molecule has 1 atom stereocenters. The Morgan fingerprint density at radius 2 is 1.78 bits per heavy atom. The van der Waals surface area contributed by atoms with Crippen molar-refractivity contribution in [3.8, 4) is 0 Å². The van der Waals surface area contributed by atoms with E-state index in [1.807, 2.05) is 24.3 Å². The number of hydrogen-bond donors (Lipinski definition) is 1. The quantitative estimate of drug-likeness (QED) is 0.489. The zero-order valence-electron chi connectivity index (χ0n) is 21.0. The number of furan rings is 1. The third-order valence-electron chi connectivity index (χ3n) is 7.18. The van der Waals surface area contributed by atoms with Crippen LogP contribution < -0.4 is 15.1 Å². The number of halogens is 1. The molecule has 7 nitrogen and oxygen atoms in total. The Kier molecular flexibility index (Phi) is 7.55. The SMILES string of the molecule is Cc1ccc(N(C(=O)c2ccco2)[C@@H](C(=O)NC2CCCC2)c2ccc(N3CCOCC3)cc2)cc1F. The summed E-state index contributed by atoms with van der Waals surface area (Å²) in [5, 5.41) is 3.15. The Bertz CT molecular complexity index is 1220. The van der Waals surface area contributed by atoms with Gasteiger partial charge in [-0.3, -0.25) is 14.5 Å². The zero-order valence-corrected chi connectivity index (χ0v) is 21.0. The second kappa shape index (κ2) is 11.2. The number of carbonyl (C=O) groups is 2. The first-order valence-corrected chi connectivity index (χ1v) is 12.9. The van der Waals surface area contributed by atoms with Gasteiger partial charge in [-0.15, -0.1) is 0 Å². The molecule has 8 heteroatoms. The van der Waals surface area contributed by atoms with Crippen LogP contribution in [0.1, 0.15) is 53.4 Å². The minimum atomic E-state index is -1.01. The van der Waals surface area contributed by atoms with Gasteiger partial charge in [0.05, 0.1) is 19.5 Å². The molecule has 0 bridgehead atoms. The van der Waals surface area contributed by atoms with Crippen LogP contribution in [0.25, 0.3) is 0 Å². The van der Waals surface area contributed by atoms with E-state index in [-0.39, 0.29) is 23.4 Å². The second-order valence-electron chi connectivity index (χ2n) is 9.67. The first-order chi connectivity index (χ1) is 18.0. The summed E-state index contributed by atoms with van der Waals surface area (Å²) in [5.74, 6) is -1.19. The van der Waals surface area contributed by atoms with Crippen molar-refractivity contribution >= 4 is 23.2 Å². The van der Waals surface area contributed by atoms with Crippen molar-refractivity contribution in [3.63, 3.8) is 0 Å². The number of nitrogens with zero attached hydrogens (tertiary/aromatic N) is 2. The molecule has 1 saturated heterocycles. The molecular weight excluding hydrogens is 473 g/mol. The summed E-state index contributed by atoms with van der Waals surface area (Å²) in [5.41, 5.74) is 2.39. The summed E-state index contributed by atoms with van der Waals surface area (Å²) in [6.45, 7) is 4.57. The number of benzene rings is 2. The lowest BCUT2D eigenvalue weighted by Crippen LogP contribution is -2.46. The van der Waals surface area contributed by atoms with Gasteiger partial charge < -0.3 is 19.4 Å². The van der Waals surface area contributed by atoms with Crippen LogP contribution in [-0.4, -0.2) is 44.2 Å². The van der Waals surface area contributed by atoms with Crippen LogP contribution in [0, 0.1) is 12.7 Å². The molecule has 2 fully saturated rings. The van der Waals surface area contributed by atoms with Gasteiger partial charge in [0.15, 0.2) is 5.76 Å². The van der Waals surface area contributed by atoms with Crippen molar-refractivity contribution in [1.29, 1.82) is 0 Å². The molecule has 2 heterocycles. The van der Waals surface area contributed by atoms with Gasteiger partial charge >= 0.3 is 0 Å². The molecule has 2 amide bonds. The fraction of sp³-hybridized carbons (Fsp3) is 0.379. The highest BCUT2D eigenvalue weighted by Crippen LogP contribution is 2.33. The normalized spacial score (nSPS) is 17.0. The van der Waals surface area contributed by atoms with Gasteiger partial charge in [0, 0.05) is 30.5 Å². The minimum absolute atomic E-state index is 0.0536. The number of morpholine rings is 1. The Balaban J connectivity index is 1.56. The van der Waals surface area contributed by atoms with Gasteiger partial charge in [-0.25, -0.2) is 4.39 Å². The number of nitrogens with one attached hydrogen (secondary N) is 1. The summed E-state index contributed by atoms with van der Waals surface area (Å²) in [4.78, 5) is 31.2. The van der Waals surface area contributed by atoms with E-state index in [2.05, 4.69) is 10.2 Å². The van der Waals surface area contributed by atoms with E-state index in [1.54, 1.807) is 31.2 Å². The van der Waals surface area contributed by atoms with Crippen molar-refractivity contribution in [2.75, 3.05) is 36.1 Å². The lowest BCUT2D eigenvalue weighted by atomic mass is 10.0. The number of carbonyl (C=O) groups excluding carboxylic acids is 2. The number of aryl methyl sites for hydroxylation is 1. The number of hydrogen-bond acceptors (Lipinski definition) is 5. The Labute approximate surface area is 216 Å². The number of ether oxygens (including phenoxy) is 1. The van der Waals surface area contributed by atoms with Crippen LogP contribution >= 0.6 is 0 Å². The predicted molar refractivity (Wildman–Crippen MR) is 139 cm³/mol. The molecule has 37 heavy (non-hydrogen) atoms. The van der Waals surface area contributed by atoms with Gasteiger partial charge in [0.25, 0.3) is 5.91 Å². The van der Waals surface area contributed by atoms with Crippen molar-refractivity contribution in [2.45, 2.75) is 44.7 Å². The molecule has 0 spiro atoms. The van der Waals surface area contributed by atoms with Gasteiger partial charge in [0.1, 0.15) is 11.9 Å². The standard InChI is InChI=1S/C29H32FN3O4/c1-20-8-11-24(19-25(20)30)33(29(35)26-7-4-16-37-26)27(28(34)31-22-5-2-3-6-22)21-9-12-23(13-10-21)32-14-17-36-18-15-32/h4,7-13,16,19,22,27H,2-3,5-6,14-15,17-18H2,1H3,(H,31,34)/t27-/m1/s1. The van der Waals surface area contributed by atoms with E-state index in [0.29, 0.717) is 24.3 Å². The molecule has 3 aromatic rings. The average Bonchev–Trinajstić information content (AvgIpc) is 3.64. The molecule has 1 aliphatic heterocycles. The highest BCUT2D eigenvalue weighted by Gasteiger charge is 2.36. The summed E-state index contributed by atoms with van der Waals surface area (Å²) < 4.78 is 25.6. The van der Waals surface area contributed by atoms with Crippen LogP contribution in [0.2, 0.25) is 0 Å². The lowest BCUT2D eigenvalue weighted by Gasteiger charge is -2.33. The maximum atomic E-state index is 14.7. The molecule has 1 saturated carbocycles. The summed E-state index contributed by atoms with van der Waals surface area (Å²) in [6, 6.07) is 14.4. The van der Waals surface area contributed by atoms with Gasteiger partial charge in [0.2, 0.25) is 5.91 Å². The maximum absolute atomic E-state index is 14.7. The molecular formula is C29H32FN3O4. The highest BCUT2D eigenvalue weighted by atomic mass is 19.1. The first kappa shape index (κ1) is 25.0. The number of rotatable bonds is 7. The Morgan fingerprint density at radius 1 is 1.05 bits per heavy atom. The second-order valence-corrected chi connectivity index (χ2v) is 9.67. The van der Waals surface area contributed by atoms with Crippen LogP contribution in [0.5, 0.6) is 0 Å². The predicted octanol–water partition coefficient (Wildman–Crippen LogP) is 5.01. The van der Waals surface area contributed by atoms with Crippen LogP contribution in [-0.2, 0) is 9.53 Å². The highest BCUT2D eigenvalue weighted by molar-refractivity contribution is 6.08. The van der Waals surface area contributed by atoms with E-state index in [4.69, 9.17) is 9.15 Å². The fourth-order valence-electron chi connectivity index (χ4n) is 5.09. The van der Waals surface area contributed by atoms with Crippen molar-refractivity contribution in [1.82, 2.24) is 5.32 Å². The molecule has 1 N–H and O–H groups in total. The van der Waals surface area contributed by atoms with Gasteiger partial charge in [-0.2, -0.15) is 0 Å². The fourth-order valence-corrected chi connectivity index (χ4v) is 5.09. The van der Waals surface area contributed by atoms with Crippen molar-refractivity contribution in [3.05, 3.63) is 83.6 Å². The topological polar surface area (TPSA) is 75.0 Å². The molecule has 2 aliphatic rings. The third-order valence-corrected chi connectivity index (χ3v) is 7.18. The van der Waals surface area contributed by atoms with E-state index < -0.39 is 17.8 Å². The summed E-state index contributed by atoms with van der Waals surface area (Å²) >= 11 is 0. The molecule has 0 unspecified atom stereocenters. The average molecular weight is 506 g/mol. The zero-order chi connectivity index (χ0) is 25.8. The largest absolute Gasteiger partial charge is 0.459 e. The Hall–Kier alpha value is -3.65. The monoisotopic (exact) mass is 505 g/mol. The van der Waals surface area contributed by atoms with E-state index in [9.17, 15) is 14.0 Å². The summed E-state index contributed by atoms with van der Waals surface area (Å²) in [7, 11) is 0. The smallest absolute Gasteiger partial charge is 0.294 e. The molecule has 5 rings (SSSR count). The molecule has 2 aromatic carbocycles. The molecule has 0 radical (unpaired) electrons. The number of amides is 2. The maximum Gasteiger partial charge on any atom is 0.294 e. The molecule has 1 aromatic heterocycles. The van der Waals surface area contributed by atoms with Crippen LogP contribution in [0.3, 0.4) is 0 Å². The van der Waals surface area contributed by atoms with E-state index in [1.165, 1.54) is 17.2 Å². The van der Waals surface area contributed by atoms with E-state index in [0.717, 1.165) is 44.5 Å². The van der Waals surface area contributed by atoms with Gasteiger partial charge in [-0.1, -0.05) is 31.0 Å². The van der Waals surface area contributed by atoms with E-state index >= 15 is 0 Å². The minimum Gasteiger partial charge on any atom is -0.459 e. The lowest BCUT2D eigenvalue weighted by molar-refractivity contribution is -0.123. The van der Waals surface area contributed by atoms with Crippen LogP contribution in [0.15, 0.2) is 65.3 Å². The van der Waals surface area contributed by atoms with Gasteiger partial charge in [-0.05, 0) is 67.3 Å². The first-order valence-electron chi connectivity index (χ1n) is 12.9. The van der Waals surface area contributed by atoms with Crippen molar-refractivity contribution in [2.24, 2.45) is 0 Å². The Morgan fingerprint density at radius 3 is 2.43 bits per heavy atom. The molecule has 1 aliphatic carbocycles. The third kappa shape index (κ3) is 5.54. The molecule has 194 valence electrons.